The van der Waals surface area contributed by atoms with Crippen molar-refractivity contribution in [3.05, 3.63) is 52.4 Å². The molecule has 88 valence electrons. The Morgan fingerprint density at radius 1 is 1.24 bits per heavy atom. The summed E-state index contributed by atoms with van der Waals surface area (Å²) < 4.78 is 0. The van der Waals surface area contributed by atoms with Crippen molar-refractivity contribution in [1.82, 2.24) is 0 Å². The third kappa shape index (κ3) is 3.17. The Bertz CT molecular complexity index is 497. The normalized spacial score (nSPS) is 10.2. The van der Waals surface area contributed by atoms with Crippen molar-refractivity contribution in [1.29, 1.82) is 0 Å². The minimum Gasteiger partial charge on any atom is -0.317 e. The molecule has 3 heteroatoms. The molecule has 1 N–H and O–H groups in total. The summed E-state index contributed by atoms with van der Waals surface area (Å²) in [5.41, 5.74) is 2.26. The third-order valence-corrected chi connectivity index (χ3v) is 3.70. The second kappa shape index (κ2) is 5.15. The van der Waals surface area contributed by atoms with Crippen LogP contribution in [-0.4, -0.2) is 5.91 Å². The number of benzene rings is 1. The van der Waals surface area contributed by atoms with E-state index in [1.54, 1.807) is 11.3 Å². The van der Waals surface area contributed by atoms with Gasteiger partial charge in [-0.05, 0) is 31.0 Å². The molecule has 0 spiro atoms. The topological polar surface area (TPSA) is 29.1 Å². The standard InChI is InChI=1S/C14H15NOS/c1-10-8-14(17-11(10)2)15-13(16)9-12-6-4-3-5-7-12/h3-8H,9H2,1-2H3,(H,15,16). The van der Waals surface area contributed by atoms with Crippen molar-refractivity contribution < 1.29 is 4.79 Å². The number of aryl methyl sites for hydroxylation is 2. The second-order valence-corrected chi connectivity index (χ2v) is 5.32. The number of nitrogens with one attached hydrogen (secondary N) is 1. The minimum absolute atomic E-state index is 0.0393. The lowest BCUT2D eigenvalue weighted by atomic mass is 10.1. The third-order valence-electron chi connectivity index (χ3n) is 2.64. The molecular formula is C14H15NOS. The van der Waals surface area contributed by atoms with Crippen LogP contribution in [0.25, 0.3) is 0 Å². The predicted molar refractivity (Wildman–Crippen MR) is 72.6 cm³/mol. The Morgan fingerprint density at radius 3 is 2.53 bits per heavy atom. The minimum atomic E-state index is 0.0393. The molecule has 0 aliphatic heterocycles. The fourth-order valence-corrected chi connectivity index (χ4v) is 2.55. The Balaban J connectivity index is 1.98. The van der Waals surface area contributed by atoms with Crippen LogP contribution in [0, 0.1) is 13.8 Å². The van der Waals surface area contributed by atoms with Gasteiger partial charge in [-0.25, -0.2) is 0 Å². The molecule has 0 unspecified atom stereocenters. The van der Waals surface area contributed by atoms with Gasteiger partial charge >= 0.3 is 0 Å². The molecule has 0 aliphatic carbocycles. The van der Waals surface area contributed by atoms with E-state index >= 15 is 0 Å². The van der Waals surface area contributed by atoms with E-state index in [4.69, 9.17) is 0 Å². The quantitative estimate of drug-likeness (QED) is 0.880. The van der Waals surface area contributed by atoms with E-state index in [9.17, 15) is 4.79 Å². The molecule has 0 aliphatic rings. The fourth-order valence-electron chi connectivity index (χ4n) is 1.60. The first-order valence-electron chi connectivity index (χ1n) is 5.56. The van der Waals surface area contributed by atoms with Gasteiger partial charge in [0.25, 0.3) is 0 Å². The van der Waals surface area contributed by atoms with E-state index in [0.717, 1.165) is 10.6 Å². The zero-order chi connectivity index (χ0) is 12.3. The van der Waals surface area contributed by atoms with Crippen molar-refractivity contribution in [2.24, 2.45) is 0 Å². The highest BCUT2D eigenvalue weighted by Crippen LogP contribution is 2.25. The molecule has 1 heterocycles. The maximum Gasteiger partial charge on any atom is 0.229 e. The number of thiophene rings is 1. The van der Waals surface area contributed by atoms with Crippen LogP contribution >= 0.6 is 11.3 Å². The first kappa shape index (κ1) is 11.9. The summed E-state index contributed by atoms with van der Waals surface area (Å²) in [4.78, 5) is 13.0. The van der Waals surface area contributed by atoms with E-state index in [-0.39, 0.29) is 5.91 Å². The average Bonchev–Trinajstić information content (AvgIpc) is 2.59. The number of carbonyl (C=O) groups is 1. The van der Waals surface area contributed by atoms with Crippen LogP contribution in [0.2, 0.25) is 0 Å². The van der Waals surface area contributed by atoms with Gasteiger partial charge in [0.1, 0.15) is 0 Å². The molecule has 0 atom stereocenters. The zero-order valence-corrected chi connectivity index (χ0v) is 10.8. The Kier molecular flexibility index (Phi) is 3.59. The summed E-state index contributed by atoms with van der Waals surface area (Å²) in [6, 6.07) is 11.8. The van der Waals surface area contributed by atoms with Crippen molar-refractivity contribution in [3.8, 4) is 0 Å². The lowest BCUT2D eigenvalue weighted by Crippen LogP contribution is -2.13. The van der Waals surface area contributed by atoms with E-state index in [1.807, 2.05) is 36.4 Å². The molecule has 2 aromatic rings. The van der Waals surface area contributed by atoms with E-state index in [1.165, 1.54) is 10.4 Å². The van der Waals surface area contributed by atoms with Crippen LogP contribution in [0.4, 0.5) is 5.00 Å². The van der Waals surface area contributed by atoms with Crippen molar-refractivity contribution in [3.63, 3.8) is 0 Å². The molecule has 0 saturated carbocycles. The summed E-state index contributed by atoms with van der Waals surface area (Å²) in [6.07, 6.45) is 0.427. The molecule has 0 saturated heterocycles. The van der Waals surface area contributed by atoms with Crippen molar-refractivity contribution in [2.45, 2.75) is 20.3 Å². The number of amides is 1. The van der Waals surface area contributed by atoms with Crippen LogP contribution in [0.1, 0.15) is 16.0 Å². The fraction of sp³-hybridized carbons (Fsp3) is 0.214. The summed E-state index contributed by atoms with van der Waals surface area (Å²) in [5.74, 6) is 0.0393. The molecule has 0 fully saturated rings. The van der Waals surface area contributed by atoms with Crippen LogP contribution in [0.15, 0.2) is 36.4 Å². The number of carbonyl (C=O) groups excluding carboxylic acids is 1. The highest BCUT2D eigenvalue weighted by Gasteiger charge is 2.06. The van der Waals surface area contributed by atoms with Gasteiger partial charge in [0.2, 0.25) is 5.91 Å². The maximum atomic E-state index is 11.8. The second-order valence-electron chi connectivity index (χ2n) is 4.06. The summed E-state index contributed by atoms with van der Waals surface area (Å²) in [7, 11) is 0. The highest BCUT2D eigenvalue weighted by atomic mass is 32.1. The summed E-state index contributed by atoms with van der Waals surface area (Å²) >= 11 is 1.62. The molecule has 2 nitrogen and oxygen atoms in total. The Hall–Kier alpha value is -1.61. The van der Waals surface area contributed by atoms with Gasteiger partial charge in [0.15, 0.2) is 0 Å². The van der Waals surface area contributed by atoms with Gasteiger partial charge in [-0.15, -0.1) is 11.3 Å². The zero-order valence-electron chi connectivity index (χ0n) is 9.99. The van der Waals surface area contributed by atoms with Gasteiger partial charge in [0, 0.05) is 4.88 Å². The van der Waals surface area contributed by atoms with Crippen molar-refractivity contribution in [2.75, 3.05) is 5.32 Å². The van der Waals surface area contributed by atoms with E-state index < -0.39 is 0 Å². The Morgan fingerprint density at radius 2 is 1.94 bits per heavy atom. The molecule has 2 rings (SSSR count). The molecular weight excluding hydrogens is 230 g/mol. The monoisotopic (exact) mass is 245 g/mol. The first-order chi connectivity index (χ1) is 8.15. The van der Waals surface area contributed by atoms with Crippen LogP contribution in [-0.2, 0) is 11.2 Å². The highest BCUT2D eigenvalue weighted by molar-refractivity contribution is 7.16. The molecule has 17 heavy (non-hydrogen) atoms. The van der Waals surface area contributed by atoms with Gasteiger partial charge in [-0.3, -0.25) is 4.79 Å². The van der Waals surface area contributed by atoms with Crippen LogP contribution in [0.3, 0.4) is 0 Å². The summed E-state index contributed by atoms with van der Waals surface area (Å²) in [5, 5.41) is 3.86. The molecule has 1 amide bonds. The maximum absolute atomic E-state index is 11.8. The SMILES string of the molecule is Cc1cc(NC(=O)Cc2ccccc2)sc1C. The predicted octanol–water partition coefficient (Wildman–Crippen LogP) is 3.55. The average molecular weight is 245 g/mol. The summed E-state index contributed by atoms with van der Waals surface area (Å²) in [6.45, 7) is 4.12. The molecule has 1 aromatic heterocycles. The molecule has 1 aromatic carbocycles. The lowest BCUT2D eigenvalue weighted by Gasteiger charge is -2.02. The van der Waals surface area contributed by atoms with Crippen molar-refractivity contribution >= 4 is 22.2 Å². The Labute approximate surface area is 105 Å². The van der Waals surface area contributed by atoms with Gasteiger partial charge in [-0.2, -0.15) is 0 Å². The lowest BCUT2D eigenvalue weighted by molar-refractivity contribution is -0.115. The number of rotatable bonds is 3. The number of hydrogen-bond acceptors (Lipinski definition) is 2. The van der Waals surface area contributed by atoms with Gasteiger partial charge in [0.05, 0.1) is 11.4 Å². The van der Waals surface area contributed by atoms with Gasteiger partial charge in [-0.1, -0.05) is 30.3 Å². The van der Waals surface area contributed by atoms with Gasteiger partial charge < -0.3 is 5.32 Å². The van der Waals surface area contributed by atoms with Crippen LogP contribution in [0.5, 0.6) is 0 Å². The molecule has 0 radical (unpaired) electrons. The van der Waals surface area contributed by atoms with E-state index in [2.05, 4.69) is 19.2 Å². The van der Waals surface area contributed by atoms with E-state index in [0.29, 0.717) is 6.42 Å². The number of anilines is 1. The number of hydrogen-bond donors (Lipinski definition) is 1. The first-order valence-corrected chi connectivity index (χ1v) is 6.37. The molecule has 0 bridgehead atoms. The van der Waals surface area contributed by atoms with Crippen LogP contribution < -0.4 is 5.32 Å². The smallest absolute Gasteiger partial charge is 0.229 e. The largest absolute Gasteiger partial charge is 0.317 e.